The average molecular weight is 471 g/mol. The van der Waals surface area contributed by atoms with Gasteiger partial charge in [-0.15, -0.1) is 0 Å². The molecule has 2 unspecified atom stereocenters. The number of nitrogens with zero attached hydrogens (tertiary/aromatic N) is 5. The van der Waals surface area contributed by atoms with Crippen LogP contribution >= 0.6 is 34.8 Å². The Morgan fingerprint density at radius 3 is 2.20 bits per heavy atom. The first kappa shape index (κ1) is 21.4. The predicted molar refractivity (Wildman–Crippen MR) is 117 cm³/mol. The van der Waals surface area contributed by atoms with E-state index in [-0.39, 0.29) is 23.3 Å². The Kier molecular flexibility index (Phi) is 5.27. The molecule has 160 valence electrons. The van der Waals surface area contributed by atoms with E-state index in [9.17, 15) is 9.90 Å². The summed E-state index contributed by atoms with van der Waals surface area (Å²) in [6.07, 6.45) is -0.170. The molecule has 1 aromatic heterocycles. The summed E-state index contributed by atoms with van der Waals surface area (Å²) in [7, 11) is 0. The van der Waals surface area contributed by atoms with Crippen molar-refractivity contribution in [2.45, 2.75) is 48.5 Å². The summed E-state index contributed by atoms with van der Waals surface area (Å²) in [5, 5.41) is 9.33. The third-order valence-electron chi connectivity index (χ3n) is 5.63. The Morgan fingerprint density at radius 2 is 1.70 bits per heavy atom. The number of benzene rings is 1. The Labute approximate surface area is 190 Å². The second kappa shape index (κ2) is 7.39. The van der Waals surface area contributed by atoms with Gasteiger partial charge >= 0.3 is 6.09 Å². The highest BCUT2D eigenvalue weighted by Gasteiger charge is 2.47. The monoisotopic (exact) mass is 469 g/mol. The fourth-order valence-electron chi connectivity index (χ4n) is 4.01. The minimum Gasteiger partial charge on any atom is -0.465 e. The number of anilines is 1. The number of halogens is 3. The van der Waals surface area contributed by atoms with E-state index in [1.54, 1.807) is 0 Å². The molecule has 2 aromatic rings. The molecule has 0 radical (unpaired) electrons. The van der Waals surface area contributed by atoms with Gasteiger partial charge in [-0.05, 0) is 17.4 Å². The van der Waals surface area contributed by atoms with Crippen molar-refractivity contribution in [3.8, 4) is 11.4 Å². The number of amides is 1. The summed E-state index contributed by atoms with van der Waals surface area (Å²) in [6, 6.07) is 7.88. The minimum atomic E-state index is -1.80. The molecule has 2 aliphatic heterocycles. The largest absolute Gasteiger partial charge is 0.465 e. The van der Waals surface area contributed by atoms with E-state index in [1.807, 2.05) is 29.2 Å². The molecule has 0 spiro atoms. The number of hydrogen-bond donors (Lipinski definition) is 1. The van der Waals surface area contributed by atoms with E-state index >= 15 is 0 Å². The van der Waals surface area contributed by atoms with Gasteiger partial charge in [-0.25, -0.2) is 9.78 Å². The fourth-order valence-corrected chi connectivity index (χ4v) is 4.27. The van der Waals surface area contributed by atoms with Crippen molar-refractivity contribution in [2.75, 3.05) is 18.0 Å². The van der Waals surface area contributed by atoms with Crippen LogP contribution in [0.5, 0.6) is 0 Å². The first-order valence-corrected chi connectivity index (χ1v) is 10.8. The highest BCUT2D eigenvalue weighted by molar-refractivity contribution is 6.66. The summed E-state index contributed by atoms with van der Waals surface area (Å²) in [5.41, 5.74) is 2.00. The highest BCUT2D eigenvalue weighted by Crippen LogP contribution is 2.39. The number of likely N-dealkylation sites (tertiary alicyclic amines) is 1. The molecule has 2 aliphatic rings. The molecule has 2 fully saturated rings. The Morgan fingerprint density at radius 1 is 1.03 bits per heavy atom. The number of fused-ring (bicyclic) bond motifs is 2. The molecule has 0 aliphatic carbocycles. The van der Waals surface area contributed by atoms with E-state index in [0.717, 1.165) is 12.0 Å². The Balaban J connectivity index is 1.70. The van der Waals surface area contributed by atoms with Crippen LogP contribution < -0.4 is 4.90 Å². The molecular weight excluding hydrogens is 449 g/mol. The van der Waals surface area contributed by atoms with Gasteiger partial charge in [-0.2, -0.15) is 9.97 Å². The molecule has 10 heteroatoms. The molecule has 7 nitrogen and oxygen atoms in total. The molecule has 2 saturated heterocycles. The summed E-state index contributed by atoms with van der Waals surface area (Å²) >= 11 is 18.3. The summed E-state index contributed by atoms with van der Waals surface area (Å²) in [4.78, 5) is 28.3. The third-order valence-corrected chi connectivity index (χ3v) is 6.14. The smallest absolute Gasteiger partial charge is 0.407 e. The van der Waals surface area contributed by atoms with Crippen molar-refractivity contribution in [1.29, 1.82) is 0 Å². The molecule has 1 N–H and O–H groups in total. The van der Waals surface area contributed by atoms with E-state index in [2.05, 4.69) is 35.7 Å². The van der Waals surface area contributed by atoms with Crippen LogP contribution in [0.4, 0.5) is 10.7 Å². The molecule has 3 heterocycles. The van der Waals surface area contributed by atoms with Crippen LogP contribution in [-0.4, -0.2) is 56.2 Å². The lowest BCUT2D eigenvalue weighted by atomic mass is 9.87. The normalized spacial score (nSPS) is 21.4. The van der Waals surface area contributed by atoms with Crippen LogP contribution in [0.2, 0.25) is 0 Å². The highest BCUT2D eigenvalue weighted by atomic mass is 35.6. The van der Waals surface area contributed by atoms with E-state index in [1.165, 1.54) is 10.5 Å². The van der Waals surface area contributed by atoms with Crippen LogP contribution in [0.15, 0.2) is 24.3 Å². The second-order valence-electron chi connectivity index (χ2n) is 8.74. The standard InChI is InChI=1S/C20H22Cl3N5O2/c1-19(2,3)12-6-4-11(5-7-12)15-24-16(20(21,22)23)26-17(25-15)27-9-14-8-13(27)10-28(14)18(29)30/h4-7,13-14H,8-10H2,1-3H3,(H,29,30). The van der Waals surface area contributed by atoms with Crippen molar-refractivity contribution in [3.63, 3.8) is 0 Å². The van der Waals surface area contributed by atoms with E-state index < -0.39 is 9.89 Å². The van der Waals surface area contributed by atoms with E-state index in [4.69, 9.17) is 34.8 Å². The van der Waals surface area contributed by atoms with Crippen LogP contribution in [0, 0.1) is 0 Å². The van der Waals surface area contributed by atoms with Gasteiger partial charge in [0.2, 0.25) is 9.74 Å². The van der Waals surface area contributed by atoms with Gasteiger partial charge in [0.25, 0.3) is 0 Å². The van der Waals surface area contributed by atoms with Crippen molar-refractivity contribution in [3.05, 3.63) is 35.7 Å². The number of piperazine rings is 1. The zero-order valence-corrected chi connectivity index (χ0v) is 19.1. The third kappa shape index (κ3) is 4.03. The number of carboxylic acid groups (broad SMARTS) is 1. The van der Waals surface area contributed by atoms with Gasteiger partial charge in [0.05, 0.1) is 12.1 Å². The number of carbonyl (C=O) groups is 1. The Bertz CT molecular complexity index is 972. The van der Waals surface area contributed by atoms with Crippen molar-refractivity contribution >= 4 is 46.8 Å². The topological polar surface area (TPSA) is 82.5 Å². The summed E-state index contributed by atoms with van der Waals surface area (Å²) in [6.45, 7) is 7.35. The second-order valence-corrected chi connectivity index (χ2v) is 11.0. The van der Waals surface area contributed by atoms with Gasteiger partial charge in [0, 0.05) is 18.7 Å². The molecule has 4 rings (SSSR count). The van der Waals surface area contributed by atoms with Gasteiger partial charge in [0.1, 0.15) is 0 Å². The zero-order valence-electron chi connectivity index (χ0n) is 16.8. The summed E-state index contributed by atoms with van der Waals surface area (Å²) in [5.74, 6) is 0.865. The molecule has 1 amide bonds. The van der Waals surface area contributed by atoms with Crippen molar-refractivity contribution in [2.24, 2.45) is 0 Å². The van der Waals surface area contributed by atoms with Gasteiger partial charge < -0.3 is 14.9 Å². The lowest BCUT2D eigenvalue weighted by molar-refractivity contribution is 0.137. The maximum absolute atomic E-state index is 11.4. The molecule has 2 atom stereocenters. The lowest BCUT2D eigenvalue weighted by Gasteiger charge is -2.33. The first-order chi connectivity index (χ1) is 13.9. The van der Waals surface area contributed by atoms with Crippen molar-refractivity contribution in [1.82, 2.24) is 19.9 Å². The molecule has 1 aromatic carbocycles. The van der Waals surface area contributed by atoms with Crippen LogP contribution in [0.25, 0.3) is 11.4 Å². The SMILES string of the molecule is CC(C)(C)c1ccc(-c2nc(N3CC4CC3CN4C(=O)O)nc(C(Cl)(Cl)Cl)n2)cc1. The van der Waals surface area contributed by atoms with E-state index in [0.29, 0.717) is 24.9 Å². The quantitative estimate of drug-likeness (QED) is 0.646. The first-order valence-electron chi connectivity index (χ1n) is 9.64. The summed E-state index contributed by atoms with van der Waals surface area (Å²) < 4.78 is -1.80. The number of alkyl halides is 3. The van der Waals surface area contributed by atoms with Gasteiger partial charge in [0.15, 0.2) is 11.6 Å². The predicted octanol–water partition coefficient (Wildman–Crippen LogP) is 4.60. The molecular formula is C20H22Cl3N5O2. The number of aromatic nitrogens is 3. The maximum Gasteiger partial charge on any atom is 0.407 e. The van der Waals surface area contributed by atoms with Gasteiger partial charge in [-0.1, -0.05) is 79.8 Å². The molecule has 30 heavy (non-hydrogen) atoms. The van der Waals surface area contributed by atoms with Crippen molar-refractivity contribution < 1.29 is 9.90 Å². The minimum absolute atomic E-state index is 0.00663. The Hall–Kier alpha value is -1.83. The number of hydrogen-bond acceptors (Lipinski definition) is 5. The zero-order chi connectivity index (χ0) is 21.8. The van der Waals surface area contributed by atoms with Crippen LogP contribution in [0.1, 0.15) is 38.6 Å². The molecule has 0 saturated carbocycles. The van der Waals surface area contributed by atoms with Crippen LogP contribution in [-0.2, 0) is 9.21 Å². The van der Waals surface area contributed by atoms with Gasteiger partial charge in [-0.3, -0.25) is 0 Å². The average Bonchev–Trinajstić information content (AvgIpc) is 3.27. The fraction of sp³-hybridized carbons (Fsp3) is 0.500. The molecule has 2 bridgehead atoms. The van der Waals surface area contributed by atoms with Crippen LogP contribution in [0.3, 0.4) is 0 Å². The number of rotatable bonds is 2. The maximum atomic E-state index is 11.4. The lowest BCUT2D eigenvalue weighted by Crippen LogP contribution is -2.49.